The number of nitrogens with zero attached hydrogens (tertiary/aromatic N) is 2. The van der Waals surface area contributed by atoms with E-state index < -0.39 is 5.91 Å². The molecule has 3 aromatic rings. The second kappa shape index (κ2) is 6.96. The van der Waals surface area contributed by atoms with Crippen molar-refractivity contribution in [1.29, 1.82) is 0 Å². The number of carbonyl (C=O) groups is 2. The molecule has 2 amide bonds. The van der Waals surface area contributed by atoms with E-state index in [1.165, 1.54) is 6.07 Å². The Labute approximate surface area is 144 Å². The summed E-state index contributed by atoms with van der Waals surface area (Å²) >= 11 is 0. The molecule has 2 N–H and O–H groups in total. The fourth-order valence-electron chi connectivity index (χ4n) is 2.19. The third kappa shape index (κ3) is 3.89. The van der Waals surface area contributed by atoms with Gasteiger partial charge in [0.2, 0.25) is 0 Å². The summed E-state index contributed by atoms with van der Waals surface area (Å²) in [6.45, 7) is 3.62. The Bertz CT molecular complexity index is 933. The van der Waals surface area contributed by atoms with Crippen molar-refractivity contribution in [3.8, 4) is 0 Å². The van der Waals surface area contributed by atoms with Gasteiger partial charge in [0.1, 0.15) is 17.1 Å². The monoisotopic (exact) mass is 336 g/mol. The maximum atomic E-state index is 12.4. The molecule has 3 rings (SSSR count). The van der Waals surface area contributed by atoms with Crippen LogP contribution in [0.1, 0.15) is 32.3 Å². The minimum atomic E-state index is -0.473. The van der Waals surface area contributed by atoms with E-state index in [1.807, 2.05) is 25.1 Å². The molecule has 7 heteroatoms. The highest BCUT2D eigenvalue weighted by Gasteiger charge is 2.14. The van der Waals surface area contributed by atoms with Gasteiger partial charge in [0.15, 0.2) is 5.82 Å². The Morgan fingerprint density at radius 1 is 0.920 bits per heavy atom. The zero-order chi connectivity index (χ0) is 17.8. The van der Waals surface area contributed by atoms with Crippen molar-refractivity contribution >= 4 is 23.3 Å². The number of aryl methyl sites for hydroxylation is 2. The molecule has 7 nitrogen and oxygen atoms in total. The van der Waals surface area contributed by atoms with E-state index in [2.05, 4.69) is 20.8 Å². The Balaban J connectivity index is 1.75. The highest BCUT2D eigenvalue weighted by atomic mass is 16.5. The topological polar surface area (TPSA) is 97.1 Å². The van der Waals surface area contributed by atoms with Gasteiger partial charge in [-0.25, -0.2) is 4.98 Å². The van der Waals surface area contributed by atoms with Crippen molar-refractivity contribution in [3.05, 3.63) is 71.2 Å². The Morgan fingerprint density at radius 2 is 1.60 bits per heavy atom. The second-order valence-corrected chi connectivity index (χ2v) is 5.45. The number of hydrogen-bond donors (Lipinski definition) is 2. The van der Waals surface area contributed by atoms with Crippen molar-refractivity contribution in [3.63, 3.8) is 0 Å². The van der Waals surface area contributed by atoms with E-state index in [4.69, 9.17) is 4.52 Å². The molecule has 0 aliphatic heterocycles. The number of aromatic nitrogens is 2. The van der Waals surface area contributed by atoms with Gasteiger partial charge in [-0.2, -0.15) is 0 Å². The molecule has 0 radical (unpaired) electrons. The zero-order valence-corrected chi connectivity index (χ0v) is 13.7. The first kappa shape index (κ1) is 16.4. The first-order valence-electron chi connectivity index (χ1n) is 7.61. The van der Waals surface area contributed by atoms with Gasteiger partial charge in [0, 0.05) is 11.8 Å². The minimum absolute atomic E-state index is 0.109. The molecular formula is C18H16N4O3. The van der Waals surface area contributed by atoms with Gasteiger partial charge < -0.3 is 15.2 Å². The lowest BCUT2D eigenvalue weighted by Gasteiger charge is -2.08. The maximum absolute atomic E-state index is 12.4. The molecule has 126 valence electrons. The van der Waals surface area contributed by atoms with Crippen LogP contribution in [0.25, 0.3) is 0 Å². The summed E-state index contributed by atoms with van der Waals surface area (Å²) in [6, 6.07) is 13.7. The van der Waals surface area contributed by atoms with E-state index >= 15 is 0 Å². The highest BCUT2D eigenvalue weighted by molar-refractivity contribution is 6.06. The third-order valence-corrected chi connectivity index (χ3v) is 3.48. The molecule has 0 unspecified atom stereocenters. The van der Waals surface area contributed by atoms with Crippen LogP contribution in [0, 0.1) is 13.8 Å². The fraction of sp³-hybridized carbons (Fsp3) is 0.111. The van der Waals surface area contributed by atoms with Gasteiger partial charge >= 0.3 is 0 Å². The van der Waals surface area contributed by atoms with Crippen LogP contribution in [0.2, 0.25) is 0 Å². The highest BCUT2D eigenvalue weighted by Crippen LogP contribution is 2.14. The summed E-state index contributed by atoms with van der Waals surface area (Å²) in [5.74, 6) is 0.00811. The van der Waals surface area contributed by atoms with Gasteiger partial charge in [0.25, 0.3) is 11.8 Å². The summed E-state index contributed by atoms with van der Waals surface area (Å²) in [5.41, 5.74) is 1.89. The van der Waals surface area contributed by atoms with Crippen molar-refractivity contribution < 1.29 is 14.1 Å². The Morgan fingerprint density at radius 3 is 2.24 bits per heavy atom. The predicted octanol–water partition coefficient (Wildman–Crippen LogP) is 3.19. The molecule has 1 aromatic carbocycles. The van der Waals surface area contributed by atoms with E-state index in [0.717, 1.165) is 5.56 Å². The zero-order valence-electron chi connectivity index (χ0n) is 13.7. The van der Waals surface area contributed by atoms with Crippen LogP contribution in [0.4, 0.5) is 11.5 Å². The number of hydrogen-bond acceptors (Lipinski definition) is 5. The molecule has 0 aliphatic rings. The molecular weight excluding hydrogens is 320 g/mol. The maximum Gasteiger partial charge on any atom is 0.275 e. The van der Waals surface area contributed by atoms with Crippen LogP contribution in [0.15, 0.2) is 53.1 Å². The lowest BCUT2D eigenvalue weighted by molar-refractivity contribution is 0.101. The van der Waals surface area contributed by atoms with Gasteiger partial charge in [0.05, 0.1) is 0 Å². The lowest BCUT2D eigenvalue weighted by Crippen LogP contribution is -2.18. The molecule has 0 atom stereocenters. The number of pyridine rings is 1. The largest absolute Gasteiger partial charge is 0.360 e. The molecule has 2 heterocycles. The summed E-state index contributed by atoms with van der Waals surface area (Å²) < 4.78 is 4.89. The van der Waals surface area contributed by atoms with E-state index in [-0.39, 0.29) is 17.3 Å². The molecule has 0 bridgehead atoms. The van der Waals surface area contributed by atoms with Crippen molar-refractivity contribution in [2.75, 3.05) is 10.6 Å². The number of rotatable bonds is 4. The quantitative estimate of drug-likeness (QED) is 0.762. The summed E-state index contributed by atoms with van der Waals surface area (Å²) in [6.07, 6.45) is 0. The minimum Gasteiger partial charge on any atom is -0.360 e. The summed E-state index contributed by atoms with van der Waals surface area (Å²) in [5, 5.41) is 9.04. The van der Waals surface area contributed by atoms with Gasteiger partial charge in [-0.3, -0.25) is 9.59 Å². The van der Waals surface area contributed by atoms with E-state index in [9.17, 15) is 9.59 Å². The molecule has 0 spiro atoms. The van der Waals surface area contributed by atoms with Crippen molar-refractivity contribution in [2.45, 2.75) is 13.8 Å². The first-order chi connectivity index (χ1) is 12.0. The smallest absolute Gasteiger partial charge is 0.275 e. The molecule has 0 aliphatic carbocycles. The average molecular weight is 336 g/mol. The number of para-hydroxylation sites is 1. The number of amides is 2. The number of benzene rings is 1. The van der Waals surface area contributed by atoms with Crippen LogP contribution >= 0.6 is 0 Å². The van der Waals surface area contributed by atoms with Crippen LogP contribution in [-0.2, 0) is 0 Å². The molecule has 25 heavy (non-hydrogen) atoms. The number of nitrogens with one attached hydrogen (secondary N) is 2. The summed E-state index contributed by atoms with van der Waals surface area (Å²) in [7, 11) is 0. The average Bonchev–Trinajstić information content (AvgIpc) is 3.02. The summed E-state index contributed by atoms with van der Waals surface area (Å²) in [4.78, 5) is 28.7. The first-order valence-corrected chi connectivity index (χ1v) is 7.61. The second-order valence-electron chi connectivity index (χ2n) is 5.45. The molecule has 0 fully saturated rings. The van der Waals surface area contributed by atoms with Crippen LogP contribution in [0.5, 0.6) is 0 Å². The molecule has 0 saturated carbocycles. The van der Waals surface area contributed by atoms with Crippen LogP contribution in [0.3, 0.4) is 0 Å². The van der Waals surface area contributed by atoms with Crippen molar-refractivity contribution in [2.24, 2.45) is 0 Å². The predicted molar refractivity (Wildman–Crippen MR) is 92.6 cm³/mol. The van der Waals surface area contributed by atoms with Gasteiger partial charge in [-0.05, 0) is 37.6 Å². The standard InChI is InChI=1S/C18H16N4O3/c1-11-6-3-4-7-13(11)20-17(23)14-8-5-9-15(19-14)18(24)21-16-10-12(2)25-22-16/h3-10H,1-2H3,(H,20,23)(H,21,22,24). The van der Waals surface area contributed by atoms with Crippen molar-refractivity contribution in [1.82, 2.24) is 10.1 Å². The Hall–Kier alpha value is -3.48. The molecule has 0 saturated heterocycles. The normalized spacial score (nSPS) is 10.3. The van der Waals surface area contributed by atoms with E-state index in [0.29, 0.717) is 17.3 Å². The number of carbonyl (C=O) groups excluding carboxylic acids is 2. The van der Waals surface area contributed by atoms with E-state index in [1.54, 1.807) is 31.2 Å². The third-order valence-electron chi connectivity index (χ3n) is 3.48. The Kier molecular flexibility index (Phi) is 4.56. The van der Waals surface area contributed by atoms with Crippen LogP contribution in [-0.4, -0.2) is 22.0 Å². The molecule has 2 aromatic heterocycles. The fourth-order valence-corrected chi connectivity index (χ4v) is 2.19. The van der Waals surface area contributed by atoms with Gasteiger partial charge in [-0.15, -0.1) is 0 Å². The van der Waals surface area contributed by atoms with Gasteiger partial charge in [-0.1, -0.05) is 29.4 Å². The SMILES string of the molecule is Cc1cc(NC(=O)c2cccc(C(=O)Nc3ccccc3C)n2)no1. The lowest BCUT2D eigenvalue weighted by atomic mass is 10.2. The number of anilines is 2. The van der Waals surface area contributed by atoms with Crippen LogP contribution < -0.4 is 10.6 Å².